The predicted molar refractivity (Wildman–Crippen MR) is 77.6 cm³/mol. The molecule has 0 aliphatic rings. The van der Waals surface area contributed by atoms with Crippen LogP contribution in [0.2, 0.25) is 0 Å². The van der Waals surface area contributed by atoms with Crippen molar-refractivity contribution in [3.8, 4) is 0 Å². The molecule has 0 aromatic heterocycles. The summed E-state index contributed by atoms with van der Waals surface area (Å²) in [5, 5.41) is 10.6. The predicted octanol–water partition coefficient (Wildman–Crippen LogP) is 0.852. The topological polar surface area (TPSA) is 128 Å². The number of carboxylic acids is 1. The molecule has 1 amide bonds. The van der Waals surface area contributed by atoms with E-state index in [4.69, 9.17) is 14.6 Å². The number of esters is 2. The third-order valence-corrected chi connectivity index (χ3v) is 2.17. The maximum Gasteiger partial charge on any atom is 0.408 e. The Bertz CT molecular complexity index is 427. The van der Waals surface area contributed by atoms with Crippen LogP contribution in [0.15, 0.2) is 0 Å². The summed E-state index contributed by atoms with van der Waals surface area (Å²) in [5.41, 5.74) is -0.682. The minimum absolute atomic E-state index is 0.00285. The van der Waals surface area contributed by atoms with Crippen molar-refractivity contribution >= 4 is 24.0 Å². The Kier molecular flexibility index (Phi) is 9.36. The van der Waals surface area contributed by atoms with Gasteiger partial charge in [-0.05, 0) is 33.6 Å². The van der Waals surface area contributed by atoms with E-state index in [1.54, 1.807) is 20.8 Å². The molecule has 0 aromatic carbocycles. The van der Waals surface area contributed by atoms with Crippen LogP contribution in [0.1, 0.15) is 40.0 Å². The highest BCUT2D eigenvalue weighted by molar-refractivity contribution is 5.80. The van der Waals surface area contributed by atoms with Crippen LogP contribution in [0.5, 0.6) is 0 Å². The summed E-state index contributed by atoms with van der Waals surface area (Å²) in [4.78, 5) is 44.1. The first-order valence-electron chi connectivity index (χ1n) is 7.10. The van der Waals surface area contributed by atoms with Gasteiger partial charge in [0.2, 0.25) is 0 Å². The number of carbonyl (C=O) groups is 4. The van der Waals surface area contributed by atoms with E-state index in [2.05, 4.69) is 10.1 Å². The first-order chi connectivity index (χ1) is 10.6. The second kappa shape index (κ2) is 10.4. The number of hydrogen-bond donors (Lipinski definition) is 2. The molecule has 0 fully saturated rings. The summed E-state index contributed by atoms with van der Waals surface area (Å²) in [6.07, 6.45) is 0.0347. The van der Waals surface area contributed by atoms with Gasteiger partial charge in [-0.1, -0.05) is 0 Å². The van der Waals surface area contributed by atoms with Gasteiger partial charge in [-0.15, -0.1) is 0 Å². The molecule has 0 saturated carbocycles. The zero-order chi connectivity index (χ0) is 17.9. The Morgan fingerprint density at radius 3 is 2.22 bits per heavy atom. The monoisotopic (exact) mass is 333 g/mol. The average molecular weight is 333 g/mol. The van der Waals surface area contributed by atoms with Gasteiger partial charge in [0, 0.05) is 6.42 Å². The molecule has 23 heavy (non-hydrogen) atoms. The third-order valence-electron chi connectivity index (χ3n) is 2.17. The van der Waals surface area contributed by atoms with E-state index in [-0.39, 0.29) is 13.0 Å². The molecule has 0 bridgehead atoms. The van der Waals surface area contributed by atoms with Crippen LogP contribution in [-0.4, -0.2) is 54.5 Å². The number of ether oxygens (including phenoxy) is 3. The van der Waals surface area contributed by atoms with Crippen molar-refractivity contribution in [2.75, 3.05) is 19.8 Å². The highest BCUT2D eigenvalue weighted by atomic mass is 16.6. The van der Waals surface area contributed by atoms with Crippen LogP contribution in [0.4, 0.5) is 4.79 Å². The third kappa shape index (κ3) is 14.4. The SMILES string of the molecule is CC(C)(C)OC(=O)NCC(=O)OCC(=O)OCCCCC(=O)O. The largest absolute Gasteiger partial charge is 0.481 e. The van der Waals surface area contributed by atoms with Crippen molar-refractivity contribution < 1.29 is 38.5 Å². The molecule has 0 heterocycles. The Morgan fingerprint density at radius 1 is 1.00 bits per heavy atom. The maximum absolute atomic E-state index is 11.3. The number of carbonyl (C=O) groups excluding carboxylic acids is 3. The molecule has 9 nitrogen and oxygen atoms in total. The van der Waals surface area contributed by atoms with Crippen molar-refractivity contribution in [2.45, 2.75) is 45.6 Å². The van der Waals surface area contributed by atoms with Crippen LogP contribution in [-0.2, 0) is 28.6 Å². The fourth-order valence-electron chi connectivity index (χ4n) is 1.25. The van der Waals surface area contributed by atoms with E-state index in [1.165, 1.54) is 0 Å². The van der Waals surface area contributed by atoms with E-state index >= 15 is 0 Å². The van der Waals surface area contributed by atoms with Crippen molar-refractivity contribution in [3.63, 3.8) is 0 Å². The molecule has 0 spiro atoms. The zero-order valence-electron chi connectivity index (χ0n) is 13.5. The minimum Gasteiger partial charge on any atom is -0.481 e. The molecule has 132 valence electrons. The molecule has 9 heteroatoms. The number of aliphatic carboxylic acids is 1. The number of carboxylic acid groups (broad SMARTS) is 1. The summed E-state index contributed by atoms with van der Waals surface area (Å²) >= 11 is 0. The summed E-state index contributed by atoms with van der Waals surface area (Å²) in [6, 6.07) is 0. The van der Waals surface area contributed by atoms with Gasteiger partial charge in [-0.25, -0.2) is 9.59 Å². The Morgan fingerprint density at radius 2 is 1.65 bits per heavy atom. The molecule has 0 rings (SSSR count). The van der Waals surface area contributed by atoms with Crippen LogP contribution in [0.3, 0.4) is 0 Å². The minimum atomic E-state index is -0.914. The number of amides is 1. The quantitative estimate of drug-likeness (QED) is 0.361. The Balaban J connectivity index is 3.70. The number of nitrogens with one attached hydrogen (secondary N) is 1. The lowest BCUT2D eigenvalue weighted by Crippen LogP contribution is -2.36. The smallest absolute Gasteiger partial charge is 0.408 e. The fourth-order valence-corrected chi connectivity index (χ4v) is 1.25. The first kappa shape index (κ1) is 20.7. The molecule has 0 aliphatic carbocycles. The van der Waals surface area contributed by atoms with Crippen LogP contribution < -0.4 is 5.32 Å². The van der Waals surface area contributed by atoms with Crippen LogP contribution >= 0.6 is 0 Å². The fraction of sp³-hybridized carbons (Fsp3) is 0.714. The van der Waals surface area contributed by atoms with E-state index in [1.807, 2.05) is 0 Å². The van der Waals surface area contributed by atoms with Crippen LogP contribution in [0.25, 0.3) is 0 Å². The van der Waals surface area contributed by atoms with Crippen molar-refractivity contribution in [1.82, 2.24) is 5.32 Å². The molecule has 0 unspecified atom stereocenters. The molecule has 0 aromatic rings. The Hall–Kier alpha value is -2.32. The normalized spacial score (nSPS) is 10.6. The van der Waals surface area contributed by atoms with Gasteiger partial charge >= 0.3 is 24.0 Å². The second-order valence-corrected chi connectivity index (χ2v) is 5.59. The molecule has 0 aliphatic heterocycles. The molecule has 2 N–H and O–H groups in total. The summed E-state index contributed by atoms with van der Waals surface area (Å²) in [6.45, 7) is 4.08. The lowest BCUT2D eigenvalue weighted by atomic mass is 10.2. The van der Waals surface area contributed by atoms with E-state index < -0.39 is 42.8 Å². The number of alkyl carbamates (subject to hydrolysis) is 1. The lowest BCUT2D eigenvalue weighted by Gasteiger charge is -2.19. The van der Waals surface area contributed by atoms with Gasteiger partial charge in [0.1, 0.15) is 12.1 Å². The highest BCUT2D eigenvalue weighted by Crippen LogP contribution is 2.06. The maximum atomic E-state index is 11.3. The summed E-state index contributed by atoms with van der Waals surface area (Å²) in [7, 11) is 0. The number of hydrogen-bond acceptors (Lipinski definition) is 7. The van der Waals surface area contributed by atoms with Crippen molar-refractivity contribution in [1.29, 1.82) is 0 Å². The van der Waals surface area contributed by atoms with Crippen molar-refractivity contribution in [2.24, 2.45) is 0 Å². The molecular weight excluding hydrogens is 310 g/mol. The van der Waals surface area contributed by atoms with Gasteiger partial charge in [0.25, 0.3) is 0 Å². The lowest BCUT2D eigenvalue weighted by molar-refractivity contribution is -0.158. The second-order valence-electron chi connectivity index (χ2n) is 5.59. The molecule has 0 saturated heterocycles. The van der Waals surface area contributed by atoms with Gasteiger partial charge in [0.15, 0.2) is 6.61 Å². The summed E-state index contributed by atoms with van der Waals surface area (Å²) < 4.78 is 14.3. The van der Waals surface area contributed by atoms with Crippen LogP contribution in [0, 0.1) is 0 Å². The van der Waals surface area contributed by atoms with Gasteiger partial charge in [0.05, 0.1) is 6.61 Å². The first-order valence-corrected chi connectivity index (χ1v) is 7.10. The number of unbranched alkanes of at least 4 members (excludes halogenated alkanes) is 1. The van der Waals surface area contributed by atoms with Gasteiger partial charge in [-0.3, -0.25) is 9.59 Å². The number of rotatable bonds is 9. The molecular formula is C14H23NO8. The standard InChI is InChI=1S/C14H23NO8/c1-14(2,3)23-13(20)15-8-11(18)22-9-12(19)21-7-5-4-6-10(16)17/h4-9H2,1-3H3,(H,15,20)(H,16,17). The van der Waals surface area contributed by atoms with Gasteiger partial charge < -0.3 is 24.6 Å². The highest BCUT2D eigenvalue weighted by Gasteiger charge is 2.17. The van der Waals surface area contributed by atoms with Gasteiger partial charge in [-0.2, -0.15) is 0 Å². The zero-order valence-corrected chi connectivity index (χ0v) is 13.5. The summed E-state index contributed by atoms with van der Waals surface area (Å²) in [5.74, 6) is -2.47. The average Bonchev–Trinajstić information content (AvgIpc) is 2.40. The Labute approximate surface area is 134 Å². The van der Waals surface area contributed by atoms with E-state index in [0.29, 0.717) is 12.8 Å². The molecule has 0 radical (unpaired) electrons. The molecule has 0 atom stereocenters. The van der Waals surface area contributed by atoms with E-state index in [9.17, 15) is 19.2 Å². The van der Waals surface area contributed by atoms with E-state index in [0.717, 1.165) is 0 Å². The van der Waals surface area contributed by atoms with Crippen molar-refractivity contribution in [3.05, 3.63) is 0 Å².